The summed E-state index contributed by atoms with van der Waals surface area (Å²) in [6, 6.07) is 5.93. The van der Waals surface area contributed by atoms with Crippen LogP contribution in [0, 0.1) is 18.8 Å². The normalized spacial score (nSPS) is 13.5. The molecule has 3 N–H and O–H groups in total. The van der Waals surface area contributed by atoms with E-state index in [9.17, 15) is 19.5 Å². The van der Waals surface area contributed by atoms with Gasteiger partial charge in [0.05, 0.1) is 0 Å². The van der Waals surface area contributed by atoms with E-state index in [0.29, 0.717) is 12.1 Å². The molecule has 158 valence electrons. The lowest BCUT2D eigenvalue weighted by Crippen LogP contribution is -2.53. The molecular weight excluding hydrogens is 370 g/mol. The SMILES string of the molecule is Cc1ccc2c(c1)cc(C(=O)NC(CC(C)C)C(=O)NC(C(=O)O)C(C)C)n2C. The summed E-state index contributed by atoms with van der Waals surface area (Å²) in [6.45, 7) is 9.34. The third-order valence-electron chi connectivity index (χ3n) is 4.99. The Morgan fingerprint density at radius 1 is 1.07 bits per heavy atom. The minimum absolute atomic E-state index is 0.142. The van der Waals surface area contributed by atoms with Crippen molar-refractivity contribution in [3.8, 4) is 0 Å². The van der Waals surface area contributed by atoms with Gasteiger partial charge < -0.3 is 20.3 Å². The van der Waals surface area contributed by atoms with E-state index in [1.807, 2.05) is 46.0 Å². The van der Waals surface area contributed by atoms with Gasteiger partial charge in [-0.15, -0.1) is 0 Å². The first kappa shape index (κ1) is 22.5. The molecule has 2 rings (SSSR count). The van der Waals surface area contributed by atoms with Crippen molar-refractivity contribution in [2.45, 2.75) is 53.1 Å². The van der Waals surface area contributed by atoms with Gasteiger partial charge in [-0.1, -0.05) is 39.3 Å². The van der Waals surface area contributed by atoms with Gasteiger partial charge in [-0.25, -0.2) is 4.79 Å². The van der Waals surface area contributed by atoms with Gasteiger partial charge in [0.2, 0.25) is 5.91 Å². The minimum atomic E-state index is -1.09. The average molecular weight is 402 g/mol. The number of carboxylic acid groups (broad SMARTS) is 1. The number of aliphatic carboxylic acids is 1. The second kappa shape index (κ2) is 9.11. The van der Waals surface area contributed by atoms with E-state index in [0.717, 1.165) is 16.5 Å². The Balaban J connectivity index is 2.25. The first-order valence-corrected chi connectivity index (χ1v) is 9.91. The van der Waals surface area contributed by atoms with Crippen LogP contribution in [0.15, 0.2) is 24.3 Å². The van der Waals surface area contributed by atoms with Crippen LogP contribution in [0.2, 0.25) is 0 Å². The van der Waals surface area contributed by atoms with Crippen molar-refractivity contribution in [3.63, 3.8) is 0 Å². The minimum Gasteiger partial charge on any atom is -0.480 e. The number of nitrogens with one attached hydrogen (secondary N) is 2. The van der Waals surface area contributed by atoms with Crippen molar-refractivity contribution in [1.82, 2.24) is 15.2 Å². The molecule has 7 heteroatoms. The lowest BCUT2D eigenvalue weighted by Gasteiger charge is -2.24. The zero-order valence-electron chi connectivity index (χ0n) is 17.9. The van der Waals surface area contributed by atoms with Crippen LogP contribution in [0.25, 0.3) is 10.9 Å². The molecular formula is C22H31N3O4. The fraction of sp³-hybridized carbons (Fsp3) is 0.500. The molecule has 2 unspecified atom stereocenters. The fourth-order valence-electron chi connectivity index (χ4n) is 3.39. The lowest BCUT2D eigenvalue weighted by atomic mass is 10.0. The van der Waals surface area contributed by atoms with Crippen molar-refractivity contribution in [3.05, 3.63) is 35.5 Å². The van der Waals surface area contributed by atoms with Crippen LogP contribution >= 0.6 is 0 Å². The molecule has 7 nitrogen and oxygen atoms in total. The zero-order chi connectivity index (χ0) is 21.9. The van der Waals surface area contributed by atoms with Gasteiger partial charge in [0.25, 0.3) is 5.91 Å². The van der Waals surface area contributed by atoms with Crippen LogP contribution in [0.3, 0.4) is 0 Å². The number of fused-ring (bicyclic) bond motifs is 1. The standard InChI is InChI=1S/C22H31N3O4/c1-12(2)9-16(20(26)24-19(13(3)4)22(28)29)23-21(27)18-11-15-10-14(5)7-8-17(15)25(18)6/h7-8,10-13,16,19H,9H2,1-6H3,(H,23,27)(H,24,26)(H,28,29). The Labute approximate surface area is 171 Å². The molecule has 0 saturated carbocycles. The molecule has 0 bridgehead atoms. The number of carboxylic acids is 1. The molecule has 0 saturated heterocycles. The summed E-state index contributed by atoms with van der Waals surface area (Å²) in [6.07, 6.45) is 0.408. The summed E-state index contributed by atoms with van der Waals surface area (Å²) in [5.41, 5.74) is 2.47. The molecule has 0 radical (unpaired) electrons. The molecule has 0 spiro atoms. The Morgan fingerprint density at radius 2 is 1.72 bits per heavy atom. The highest BCUT2D eigenvalue weighted by atomic mass is 16.4. The molecule has 29 heavy (non-hydrogen) atoms. The van der Waals surface area contributed by atoms with E-state index in [1.54, 1.807) is 24.5 Å². The monoisotopic (exact) mass is 401 g/mol. The number of nitrogens with zero attached hydrogens (tertiary/aromatic N) is 1. The predicted molar refractivity (Wildman–Crippen MR) is 113 cm³/mol. The number of hydrogen-bond acceptors (Lipinski definition) is 3. The van der Waals surface area contributed by atoms with Crippen molar-refractivity contribution in [2.75, 3.05) is 0 Å². The van der Waals surface area contributed by atoms with Gasteiger partial charge in [-0.2, -0.15) is 0 Å². The third-order valence-corrected chi connectivity index (χ3v) is 4.99. The molecule has 1 heterocycles. The Hall–Kier alpha value is -2.83. The van der Waals surface area contributed by atoms with E-state index in [4.69, 9.17) is 0 Å². The lowest BCUT2D eigenvalue weighted by molar-refractivity contribution is -0.143. The van der Waals surface area contributed by atoms with Gasteiger partial charge >= 0.3 is 5.97 Å². The third kappa shape index (κ3) is 5.37. The van der Waals surface area contributed by atoms with Gasteiger partial charge in [-0.05, 0) is 43.4 Å². The van der Waals surface area contributed by atoms with E-state index in [1.165, 1.54) is 0 Å². The first-order chi connectivity index (χ1) is 13.5. The van der Waals surface area contributed by atoms with Gasteiger partial charge in [-0.3, -0.25) is 9.59 Å². The van der Waals surface area contributed by atoms with Crippen LogP contribution in [0.4, 0.5) is 0 Å². The number of aryl methyl sites for hydroxylation is 2. The summed E-state index contributed by atoms with van der Waals surface area (Å²) < 4.78 is 1.79. The summed E-state index contributed by atoms with van der Waals surface area (Å²) in [7, 11) is 1.81. The Morgan fingerprint density at radius 3 is 2.28 bits per heavy atom. The molecule has 2 amide bonds. The quantitative estimate of drug-likeness (QED) is 0.633. The Kier molecular flexibility index (Phi) is 7.06. The fourth-order valence-corrected chi connectivity index (χ4v) is 3.39. The molecule has 0 fully saturated rings. The molecule has 2 aromatic rings. The summed E-state index contributed by atoms with van der Waals surface area (Å²) in [5.74, 6) is -2.06. The van der Waals surface area contributed by atoms with Crippen molar-refractivity contribution >= 4 is 28.7 Å². The Bertz CT molecular complexity index is 914. The topological polar surface area (TPSA) is 100 Å². The van der Waals surface area contributed by atoms with Crippen molar-refractivity contribution < 1.29 is 19.5 Å². The van der Waals surface area contributed by atoms with Gasteiger partial charge in [0.15, 0.2) is 0 Å². The maximum atomic E-state index is 12.9. The number of rotatable bonds is 8. The highest BCUT2D eigenvalue weighted by Crippen LogP contribution is 2.20. The van der Waals surface area contributed by atoms with Crippen molar-refractivity contribution in [1.29, 1.82) is 0 Å². The van der Waals surface area contributed by atoms with Crippen LogP contribution in [0.1, 0.15) is 50.2 Å². The van der Waals surface area contributed by atoms with E-state index < -0.39 is 24.0 Å². The van der Waals surface area contributed by atoms with Crippen LogP contribution in [-0.4, -0.2) is 39.5 Å². The number of amides is 2. The van der Waals surface area contributed by atoms with E-state index in [-0.39, 0.29) is 17.7 Å². The molecule has 0 aliphatic carbocycles. The maximum absolute atomic E-state index is 12.9. The number of hydrogen-bond donors (Lipinski definition) is 3. The summed E-state index contributed by atoms with van der Waals surface area (Å²) in [4.78, 5) is 37.1. The first-order valence-electron chi connectivity index (χ1n) is 9.91. The number of carbonyl (C=O) groups excluding carboxylic acids is 2. The van der Waals surface area contributed by atoms with Crippen LogP contribution < -0.4 is 10.6 Å². The van der Waals surface area contributed by atoms with Crippen LogP contribution in [0.5, 0.6) is 0 Å². The molecule has 1 aromatic heterocycles. The second-order valence-corrected chi connectivity index (χ2v) is 8.37. The number of benzene rings is 1. The maximum Gasteiger partial charge on any atom is 0.326 e. The second-order valence-electron chi connectivity index (χ2n) is 8.37. The highest BCUT2D eigenvalue weighted by molar-refractivity contribution is 6.01. The molecule has 0 aliphatic heterocycles. The van der Waals surface area contributed by atoms with Crippen LogP contribution in [-0.2, 0) is 16.6 Å². The van der Waals surface area contributed by atoms with Crippen molar-refractivity contribution in [2.24, 2.45) is 18.9 Å². The summed E-state index contributed by atoms with van der Waals surface area (Å²) in [5, 5.41) is 15.7. The number of aromatic nitrogens is 1. The largest absolute Gasteiger partial charge is 0.480 e. The summed E-state index contributed by atoms with van der Waals surface area (Å²) >= 11 is 0. The van der Waals surface area contributed by atoms with E-state index in [2.05, 4.69) is 10.6 Å². The molecule has 1 aromatic carbocycles. The highest BCUT2D eigenvalue weighted by Gasteiger charge is 2.29. The molecule has 2 atom stereocenters. The smallest absolute Gasteiger partial charge is 0.326 e. The predicted octanol–water partition coefficient (Wildman–Crippen LogP) is 2.86. The van der Waals surface area contributed by atoms with Gasteiger partial charge in [0.1, 0.15) is 17.8 Å². The zero-order valence-corrected chi connectivity index (χ0v) is 17.9. The average Bonchev–Trinajstić information content (AvgIpc) is 2.93. The van der Waals surface area contributed by atoms with Gasteiger partial charge in [0, 0.05) is 18.0 Å². The molecule has 0 aliphatic rings. The van der Waals surface area contributed by atoms with E-state index >= 15 is 0 Å². The number of carbonyl (C=O) groups is 3.